The second-order valence-corrected chi connectivity index (χ2v) is 14.1. The molecule has 9 rings (SSSR count). The van der Waals surface area contributed by atoms with Crippen molar-refractivity contribution in [3.8, 4) is 27.6 Å². The summed E-state index contributed by atoms with van der Waals surface area (Å²) in [5.74, 6) is 1.43. The predicted octanol–water partition coefficient (Wildman–Crippen LogP) is 8.30. The lowest BCUT2D eigenvalue weighted by atomic mass is 9.93. The van der Waals surface area contributed by atoms with Crippen molar-refractivity contribution < 1.29 is 22.7 Å². The molecule has 2 aliphatic heterocycles. The van der Waals surface area contributed by atoms with Gasteiger partial charge in [0.2, 0.25) is 11.8 Å². The highest BCUT2D eigenvalue weighted by molar-refractivity contribution is 7.23. The van der Waals surface area contributed by atoms with Gasteiger partial charge < -0.3 is 19.4 Å². The Morgan fingerprint density at radius 1 is 1.00 bits per heavy atom. The van der Waals surface area contributed by atoms with Crippen LogP contribution < -0.4 is 10.1 Å². The molecule has 0 spiro atoms. The van der Waals surface area contributed by atoms with Crippen molar-refractivity contribution >= 4 is 33.1 Å². The molecule has 260 valence electrons. The molecule has 1 fully saturated rings. The lowest BCUT2D eigenvalue weighted by Gasteiger charge is -2.16. The van der Waals surface area contributed by atoms with Crippen LogP contribution in [0, 0.1) is 18.6 Å². The second kappa shape index (κ2) is 13.5. The molecule has 1 saturated heterocycles. The number of methoxy groups -OCH3 is 1. The van der Waals surface area contributed by atoms with Gasteiger partial charge in [-0.3, -0.25) is 9.78 Å². The number of thiophene rings is 1. The van der Waals surface area contributed by atoms with Gasteiger partial charge in [-0.15, -0.1) is 21.5 Å². The van der Waals surface area contributed by atoms with E-state index in [9.17, 15) is 13.6 Å². The van der Waals surface area contributed by atoms with Gasteiger partial charge in [0.1, 0.15) is 11.6 Å². The summed E-state index contributed by atoms with van der Waals surface area (Å²) in [7, 11) is 3.35. The van der Waals surface area contributed by atoms with E-state index in [-0.39, 0.29) is 23.6 Å². The molecule has 0 radical (unpaired) electrons. The lowest BCUT2D eigenvalue weighted by molar-refractivity contribution is 0.0776. The highest BCUT2D eigenvalue weighted by Crippen LogP contribution is 2.50. The number of ether oxygens (including phenoxy) is 1. The van der Waals surface area contributed by atoms with Crippen LogP contribution >= 0.6 is 11.3 Å². The molecular formula is C39H36F2N6O3S. The minimum absolute atomic E-state index is 0.00185. The van der Waals surface area contributed by atoms with Crippen molar-refractivity contribution in [1.82, 2.24) is 25.1 Å². The maximum atomic E-state index is 13.9. The number of aromatic nitrogens is 4. The number of nitrogens with one attached hydrogen (secondary N) is 1. The monoisotopic (exact) mass is 706 g/mol. The van der Waals surface area contributed by atoms with E-state index in [0.717, 1.165) is 87.5 Å². The predicted molar refractivity (Wildman–Crippen MR) is 192 cm³/mol. The number of pyridine rings is 2. The maximum absolute atomic E-state index is 13.9. The van der Waals surface area contributed by atoms with Crippen LogP contribution in [0.2, 0.25) is 0 Å². The van der Waals surface area contributed by atoms with E-state index in [2.05, 4.69) is 26.6 Å². The summed E-state index contributed by atoms with van der Waals surface area (Å²) in [6, 6.07) is 14.0. The Kier molecular flexibility index (Phi) is 8.71. The molecule has 1 unspecified atom stereocenters. The summed E-state index contributed by atoms with van der Waals surface area (Å²) in [5, 5.41) is 12.7. The Hall–Kier alpha value is -5.23. The van der Waals surface area contributed by atoms with E-state index in [1.807, 2.05) is 24.1 Å². The van der Waals surface area contributed by atoms with Crippen LogP contribution in [-0.4, -0.2) is 51.7 Å². The first kappa shape index (κ1) is 32.9. The van der Waals surface area contributed by atoms with Crippen molar-refractivity contribution in [3.63, 3.8) is 0 Å². The van der Waals surface area contributed by atoms with Gasteiger partial charge in [0.25, 0.3) is 5.91 Å². The third-order valence-corrected chi connectivity index (χ3v) is 11.1. The van der Waals surface area contributed by atoms with Crippen molar-refractivity contribution in [2.45, 2.75) is 57.9 Å². The van der Waals surface area contributed by atoms with Crippen molar-refractivity contribution in [2.75, 3.05) is 26.0 Å². The number of rotatable bonds is 7. The van der Waals surface area contributed by atoms with Crippen molar-refractivity contribution in [1.29, 1.82) is 0 Å². The first-order chi connectivity index (χ1) is 24.8. The number of hydrogen-bond donors (Lipinski definition) is 1. The SMILES string of the molecule is CNc1nccc2cc(-c3c4c(nc(CCc5ccc(F)cc5)c3-c3nnc(C)o3)C3CCCN3C4=O)sc12.COc1cc2c(cc1F)CCC2. The molecule has 0 bridgehead atoms. The number of amides is 1. The highest BCUT2D eigenvalue weighted by Gasteiger charge is 2.44. The molecule has 3 aliphatic rings. The number of carbonyl (C=O) groups excluding carboxylic acids is 1. The minimum Gasteiger partial charge on any atom is -0.494 e. The van der Waals surface area contributed by atoms with Gasteiger partial charge in [0.15, 0.2) is 11.6 Å². The Bertz CT molecular complexity index is 2280. The number of benzene rings is 2. The van der Waals surface area contributed by atoms with Gasteiger partial charge >= 0.3 is 0 Å². The van der Waals surface area contributed by atoms with Crippen molar-refractivity contribution in [2.24, 2.45) is 0 Å². The molecule has 1 aliphatic carbocycles. The number of nitrogens with zero attached hydrogens (tertiary/aromatic N) is 5. The van der Waals surface area contributed by atoms with E-state index in [0.29, 0.717) is 41.5 Å². The second-order valence-electron chi connectivity index (χ2n) is 13.0. The van der Waals surface area contributed by atoms with Gasteiger partial charge in [-0.25, -0.2) is 13.8 Å². The Morgan fingerprint density at radius 2 is 1.80 bits per heavy atom. The summed E-state index contributed by atoms with van der Waals surface area (Å²) in [5.41, 5.74) is 7.12. The molecule has 2 aromatic carbocycles. The molecule has 0 saturated carbocycles. The number of fused-ring (bicyclic) bond motifs is 5. The number of anilines is 1. The summed E-state index contributed by atoms with van der Waals surface area (Å²) < 4.78 is 38.6. The molecule has 6 heterocycles. The van der Waals surface area contributed by atoms with Gasteiger partial charge in [-0.1, -0.05) is 12.1 Å². The number of hydrogen-bond acceptors (Lipinski definition) is 9. The Balaban J connectivity index is 0.000000263. The van der Waals surface area contributed by atoms with Crippen LogP contribution in [0.15, 0.2) is 59.1 Å². The third kappa shape index (κ3) is 6.01. The van der Waals surface area contributed by atoms with Crippen LogP contribution in [0.4, 0.5) is 14.6 Å². The maximum Gasteiger partial charge on any atom is 0.257 e. The largest absolute Gasteiger partial charge is 0.494 e. The third-order valence-electron chi connectivity index (χ3n) is 9.93. The lowest BCUT2D eigenvalue weighted by Crippen LogP contribution is -2.22. The van der Waals surface area contributed by atoms with Crippen LogP contribution in [0.5, 0.6) is 5.75 Å². The molecule has 1 amide bonds. The van der Waals surface area contributed by atoms with E-state index in [1.165, 1.54) is 24.8 Å². The first-order valence-corrected chi connectivity index (χ1v) is 18.0. The average Bonchev–Trinajstić information content (AvgIpc) is 3.98. The molecule has 9 nitrogen and oxygen atoms in total. The van der Waals surface area contributed by atoms with E-state index >= 15 is 0 Å². The molecule has 6 aromatic rings. The quantitative estimate of drug-likeness (QED) is 0.177. The van der Waals surface area contributed by atoms with Gasteiger partial charge in [-0.05, 0) is 103 Å². The van der Waals surface area contributed by atoms with Gasteiger partial charge in [-0.2, -0.15) is 0 Å². The summed E-state index contributed by atoms with van der Waals surface area (Å²) in [6.07, 6.45) is 8.06. The fourth-order valence-corrected chi connectivity index (χ4v) is 8.72. The van der Waals surface area contributed by atoms with Crippen LogP contribution in [-0.2, 0) is 25.7 Å². The smallest absolute Gasteiger partial charge is 0.257 e. The molecule has 1 N–H and O–H groups in total. The minimum atomic E-state index is -0.265. The van der Waals surface area contributed by atoms with Gasteiger partial charge in [0.05, 0.1) is 40.4 Å². The average molecular weight is 707 g/mol. The molecule has 12 heteroatoms. The molecular weight excluding hydrogens is 671 g/mol. The first-order valence-electron chi connectivity index (χ1n) is 17.2. The Morgan fingerprint density at radius 3 is 2.55 bits per heavy atom. The highest BCUT2D eigenvalue weighted by atomic mass is 32.1. The summed E-state index contributed by atoms with van der Waals surface area (Å²) in [4.78, 5) is 26.4. The standard InChI is InChI=1S/C29H25FN6O2S.C10H11FO/c1-15-34-35-28(38-15)22-19(10-7-16-5-8-18(30)9-6-16)33-25-20-4-3-13-36(20)29(37)24(25)23(22)21-14-17-11-12-32-27(31-2)26(17)39-21;1-12-10-6-8-4-2-3-7(8)5-9(10)11/h5-6,8-9,11-12,14,20H,3-4,7,10,13H2,1-2H3,(H,31,32);5-6H,2-4H2,1H3. The van der Waals surface area contributed by atoms with E-state index in [4.69, 9.17) is 14.1 Å². The summed E-state index contributed by atoms with van der Waals surface area (Å²) >= 11 is 1.58. The van der Waals surface area contributed by atoms with Gasteiger partial charge in [0, 0.05) is 37.2 Å². The van der Waals surface area contributed by atoms with Crippen LogP contribution in [0.1, 0.15) is 69.6 Å². The van der Waals surface area contributed by atoms with Crippen molar-refractivity contribution in [3.05, 3.63) is 106 Å². The van der Waals surface area contributed by atoms with Crippen LogP contribution in [0.3, 0.4) is 0 Å². The molecule has 1 atom stereocenters. The van der Waals surface area contributed by atoms with Crippen LogP contribution in [0.25, 0.3) is 32.0 Å². The zero-order valence-corrected chi connectivity index (χ0v) is 29.4. The Labute approximate surface area is 297 Å². The summed E-state index contributed by atoms with van der Waals surface area (Å²) in [6.45, 7) is 2.47. The van der Waals surface area contributed by atoms with E-state index in [1.54, 1.807) is 42.7 Å². The zero-order chi connectivity index (χ0) is 35.2. The molecule has 4 aromatic heterocycles. The topological polar surface area (TPSA) is 106 Å². The fourth-order valence-electron chi connectivity index (χ4n) is 7.51. The fraction of sp³-hybridized carbons (Fsp3) is 0.308. The number of aryl methyl sites for hydroxylation is 5. The number of carbonyl (C=O) groups is 1. The number of halogens is 2. The molecule has 51 heavy (non-hydrogen) atoms. The zero-order valence-electron chi connectivity index (χ0n) is 28.6. The normalized spacial score (nSPS) is 15.8. The van der Waals surface area contributed by atoms with E-state index < -0.39 is 0 Å².